The molecule has 0 saturated heterocycles. The number of halogens is 1. The Morgan fingerprint density at radius 1 is 1.16 bits per heavy atom. The second-order valence-electron chi connectivity index (χ2n) is 7.53. The van der Waals surface area contributed by atoms with Crippen molar-refractivity contribution in [1.29, 1.82) is 0 Å². The number of ether oxygens (including phenoxy) is 1. The number of aromatic amines is 3. The Labute approximate surface area is 188 Å². The zero-order chi connectivity index (χ0) is 22.1. The molecule has 1 unspecified atom stereocenters. The third kappa shape index (κ3) is 3.82. The molecule has 10 heteroatoms. The zero-order valence-corrected chi connectivity index (χ0v) is 18.3. The fourth-order valence-corrected chi connectivity index (χ4v) is 4.02. The van der Waals surface area contributed by atoms with Gasteiger partial charge in [0.2, 0.25) is 5.82 Å². The van der Waals surface area contributed by atoms with Crippen molar-refractivity contribution < 1.29 is 4.74 Å². The second-order valence-corrected chi connectivity index (χ2v) is 7.97. The van der Waals surface area contributed by atoms with Crippen LogP contribution in [0.3, 0.4) is 0 Å². The van der Waals surface area contributed by atoms with Crippen LogP contribution in [0.15, 0.2) is 42.7 Å². The van der Waals surface area contributed by atoms with Gasteiger partial charge >= 0.3 is 0 Å². The summed E-state index contributed by atoms with van der Waals surface area (Å²) in [5.74, 6) is 2.34. The minimum Gasteiger partial charge on any atom is -0.489 e. The summed E-state index contributed by atoms with van der Waals surface area (Å²) in [7, 11) is 0. The Bertz CT molecular complexity index is 1330. The van der Waals surface area contributed by atoms with Gasteiger partial charge < -0.3 is 14.7 Å². The lowest BCUT2D eigenvalue weighted by Gasteiger charge is -2.16. The third-order valence-electron chi connectivity index (χ3n) is 5.48. The zero-order valence-electron chi connectivity index (χ0n) is 17.6. The molecule has 3 aromatic heterocycles. The number of fused-ring (bicyclic) bond motifs is 1. The van der Waals surface area contributed by atoms with Crippen LogP contribution in [0.5, 0.6) is 5.75 Å². The fourth-order valence-electron chi connectivity index (χ4n) is 3.85. The number of hydrogen-bond donors (Lipinski definition) is 3. The van der Waals surface area contributed by atoms with Crippen LogP contribution in [0, 0.1) is 6.92 Å². The minimum atomic E-state index is 0.145. The van der Waals surface area contributed by atoms with Crippen molar-refractivity contribution in [3.63, 3.8) is 0 Å². The van der Waals surface area contributed by atoms with Crippen molar-refractivity contribution in [3.8, 4) is 17.1 Å². The number of aryl methyl sites for hydroxylation is 1. The van der Waals surface area contributed by atoms with Crippen LogP contribution in [-0.2, 0) is 6.61 Å². The van der Waals surface area contributed by atoms with Crippen molar-refractivity contribution in [2.75, 3.05) is 0 Å². The van der Waals surface area contributed by atoms with Gasteiger partial charge in [-0.15, -0.1) is 10.2 Å². The highest BCUT2D eigenvalue weighted by molar-refractivity contribution is 6.30. The molecule has 5 aromatic rings. The van der Waals surface area contributed by atoms with E-state index in [0.717, 1.165) is 40.3 Å². The maximum atomic E-state index is 6.17. The fraction of sp³-hybridized carbons (Fsp3) is 0.227. The van der Waals surface area contributed by atoms with E-state index in [2.05, 4.69) is 59.6 Å². The first-order chi connectivity index (χ1) is 15.6. The van der Waals surface area contributed by atoms with E-state index in [-0.39, 0.29) is 5.92 Å². The minimum absolute atomic E-state index is 0.145. The molecule has 0 radical (unpaired) electrons. The number of imidazole rings is 2. The summed E-state index contributed by atoms with van der Waals surface area (Å²) in [6.45, 7) is 4.54. The number of aromatic nitrogens is 8. The number of nitrogens with one attached hydrogen (secondary N) is 3. The Morgan fingerprint density at radius 3 is 2.81 bits per heavy atom. The monoisotopic (exact) mass is 448 g/mol. The van der Waals surface area contributed by atoms with E-state index in [1.54, 1.807) is 6.33 Å². The molecule has 3 heterocycles. The van der Waals surface area contributed by atoms with Crippen molar-refractivity contribution in [2.24, 2.45) is 0 Å². The summed E-state index contributed by atoms with van der Waals surface area (Å²) in [5.41, 5.74) is 5.47. The van der Waals surface area contributed by atoms with Crippen LogP contribution in [0.4, 0.5) is 0 Å². The van der Waals surface area contributed by atoms with E-state index in [4.69, 9.17) is 16.3 Å². The lowest BCUT2D eigenvalue weighted by atomic mass is 9.94. The van der Waals surface area contributed by atoms with E-state index in [1.807, 2.05) is 31.2 Å². The molecule has 3 N–H and O–H groups in total. The first-order valence-electron chi connectivity index (χ1n) is 10.3. The van der Waals surface area contributed by atoms with Gasteiger partial charge in [-0.1, -0.05) is 36.7 Å². The molecule has 5 rings (SSSR count). The summed E-state index contributed by atoms with van der Waals surface area (Å²) < 4.78 is 6.14. The highest BCUT2D eigenvalue weighted by atomic mass is 35.5. The summed E-state index contributed by atoms with van der Waals surface area (Å²) in [5, 5.41) is 14.8. The Kier molecular flexibility index (Phi) is 5.32. The van der Waals surface area contributed by atoms with E-state index < -0.39 is 0 Å². The smallest absolute Gasteiger partial charge is 0.205 e. The second kappa shape index (κ2) is 8.43. The Hall–Kier alpha value is -3.72. The first-order valence-corrected chi connectivity index (χ1v) is 10.6. The topological polar surface area (TPSA) is 121 Å². The molecule has 162 valence electrons. The highest BCUT2D eigenvalue weighted by Gasteiger charge is 2.19. The number of benzene rings is 2. The van der Waals surface area contributed by atoms with E-state index in [9.17, 15) is 0 Å². The Morgan fingerprint density at radius 2 is 2.06 bits per heavy atom. The van der Waals surface area contributed by atoms with Crippen LogP contribution in [-0.4, -0.2) is 40.6 Å². The third-order valence-corrected chi connectivity index (χ3v) is 5.71. The average Bonchev–Trinajstić information content (AvgIpc) is 3.52. The Balaban J connectivity index is 1.37. The number of H-pyrrole nitrogens is 3. The van der Waals surface area contributed by atoms with E-state index in [1.165, 1.54) is 5.56 Å². The normalized spacial score (nSPS) is 12.3. The maximum Gasteiger partial charge on any atom is 0.205 e. The van der Waals surface area contributed by atoms with Gasteiger partial charge in [0.25, 0.3) is 0 Å². The van der Waals surface area contributed by atoms with Gasteiger partial charge in [0.1, 0.15) is 18.2 Å². The molecule has 1 atom stereocenters. The molecule has 0 saturated carbocycles. The molecule has 0 amide bonds. The highest BCUT2D eigenvalue weighted by Crippen LogP contribution is 2.31. The molecule has 9 nitrogen and oxygen atoms in total. The molecular weight excluding hydrogens is 428 g/mol. The largest absolute Gasteiger partial charge is 0.489 e. The van der Waals surface area contributed by atoms with Crippen LogP contribution in [0.1, 0.15) is 41.8 Å². The first kappa shape index (κ1) is 20.2. The van der Waals surface area contributed by atoms with Crippen molar-refractivity contribution in [3.05, 3.63) is 70.3 Å². The predicted octanol–water partition coefficient (Wildman–Crippen LogP) is 4.55. The number of rotatable bonds is 7. The quantitative estimate of drug-likeness (QED) is 0.336. The molecular formula is C22H21ClN8O. The molecule has 0 spiro atoms. The molecule has 2 aromatic carbocycles. The van der Waals surface area contributed by atoms with Crippen LogP contribution in [0.2, 0.25) is 5.02 Å². The van der Waals surface area contributed by atoms with Crippen LogP contribution in [0.25, 0.3) is 22.7 Å². The van der Waals surface area contributed by atoms with Crippen LogP contribution < -0.4 is 4.74 Å². The average molecular weight is 449 g/mol. The molecule has 0 fully saturated rings. The lowest BCUT2D eigenvalue weighted by Crippen LogP contribution is -2.04. The van der Waals surface area contributed by atoms with E-state index in [0.29, 0.717) is 23.1 Å². The number of hydrogen-bond acceptors (Lipinski definition) is 6. The van der Waals surface area contributed by atoms with Gasteiger partial charge in [0.05, 0.1) is 6.33 Å². The van der Waals surface area contributed by atoms with Crippen molar-refractivity contribution >= 4 is 22.9 Å². The summed E-state index contributed by atoms with van der Waals surface area (Å²) in [6.07, 6.45) is 2.55. The van der Waals surface area contributed by atoms with Gasteiger partial charge in [-0.05, 0) is 47.9 Å². The molecule has 32 heavy (non-hydrogen) atoms. The van der Waals surface area contributed by atoms with Gasteiger partial charge in [-0.25, -0.2) is 9.97 Å². The van der Waals surface area contributed by atoms with Gasteiger partial charge in [0.15, 0.2) is 11.3 Å². The van der Waals surface area contributed by atoms with E-state index >= 15 is 0 Å². The summed E-state index contributed by atoms with van der Waals surface area (Å²) >= 11 is 6.17. The van der Waals surface area contributed by atoms with Gasteiger partial charge in [0, 0.05) is 22.1 Å². The van der Waals surface area contributed by atoms with Crippen molar-refractivity contribution in [1.82, 2.24) is 40.6 Å². The van der Waals surface area contributed by atoms with Gasteiger partial charge in [-0.2, -0.15) is 5.21 Å². The molecule has 0 aliphatic heterocycles. The molecule has 0 aliphatic rings. The predicted molar refractivity (Wildman–Crippen MR) is 121 cm³/mol. The van der Waals surface area contributed by atoms with Gasteiger partial charge in [-0.3, -0.25) is 0 Å². The maximum absolute atomic E-state index is 6.17. The van der Waals surface area contributed by atoms with Crippen LogP contribution >= 0.6 is 11.6 Å². The van der Waals surface area contributed by atoms with Crippen molar-refractivity contribution in [2.45, 2.75) is 32.8 Å². The summed E-state index contributed by atoms with van der Waals surface area (Å²) in [4.78, 5) is 15.3. The molecule has 0 aliphatic carbocycles. The number of tetrazole rings is 1. The SMILES string of the molecule is CCC(c1ccc(OCc2ccc(Cl)cc2-c2nn[nH]n2)c(C)c1)c1nc2nc[nH]c2[nH]1. The summed E-state index contributed by atoms with van der Waals surface area (Å²) in [6, 6.07) is 11.8. The lowest BCUT2D eigenvalue weighted by molar-refractivity contribution is 0.304. The standard InChI is InChI=1S/C22H21ClN8O/c1-3-16(19-26-21-22(27-19)25-11-24-21)13-5-7-18(12(2)8-13)32-10-14-4-6-15(23)9-17(14)20-28-30-31-29-20/h4-9,11,16H,3,10H2,1-2H3,(H,24,25)(H,26,27)(H,28,29,30,31). The molecule has 0 bridgehead atoms. The number of nitrogens with zero attached hydrogens (tertiary/aromatic N) is 5.